The molecule has 1 aromatic rings. The molecule has 1 aromatic carbocycles. The summed E-state index contributed by atoms with van der Waals surface area (Å²) in [5, 5.41) is 6.53. The molecule has 0 atom stereocenters. The predicted molar refractivity (Wildman–Crippen MR) is 94.2 cm³/mol. The van der Waals surface area contributed by atoms with Crippen molar-refractivity contribution in [1.82, 2.24) is 10.6 Å². The molecular weight excluding hydrogens is 290 g/mol. The molecule has 2 N–H and O–H groups in total. The third-order valence-corrected chi connectivity index (χ3v) is 3.72. The van der Waals surface area contributed by atoms with E-state index < -0.39 is 0 Å². The van der Waals surface area contributed by atoms with Gasteiger partial charge in [-0.3, -0.25) is 4.99 Å². The molecule has 2 rings (SSSR count). The second-order valence-electron chi connectivity index (χ2n) is 5.96. The number of hydrogen-bond acceptors (Lipinski definition) is 3. The molecule has 0 bridgehead atoms. The van der Waals surface area contributed by atoms with Gasteiger partial charge >= 0.3 is 0 Å². The average molecular weight is 319 g/mol. The summed E-state index contributed by atoms with van der Waals surface area (Å²) < 4.78 is 11.3. The van der Waals surface area contributed by atoms with Gasteiger partial charge < -0.3 is 20.1 Å². The fourth-order valence-corrected chi connectivity index (χ4v) is 2.11. The molecule has 0 spiro atoms. The molecule has 1 aliphatic rings. The van der Waals surface area contributed by atoms with Gasteiger partial charge in [-0.15, -0.1) is 0 Å². The minimum absolute atomic E-state index is 0.605. The number of guanidine groups is 1. The fourth-order valence-electron chi connectivity index (χ4n) is 2.11. The van der Waals surface area contributed by atoms with Crippen LogP contribution in [0, 0.1) is 12.8 Å². The largest absolute Gasteiger partial charge is 0.492 e. The van der Waals surface area contributed by atoms with Crippen LogP contribution in [0.25, 0.3) is 0 Å². The number of aliphatic imine (C=N–C) groups is 1. The summed E-state index contributed by atoms with van der Waals surface area (Å²) in [5.41, 5.74) is 1.24. The Kier molecular flexibility index (Phi) is 7.73. The summed E-state index contributed by atoms with van der Waals surface area (Å²) in [5.74, 6) is 2.54. The van der Waals surface area contributed by atoms with Crippen LogP contribution in [0.4, 0.5) is 0 Å². The lowest BCUT2D eigenvalue weighted by Gasteiger charge is -2.12. The van der Waals surface area contributed by atoms with Gasteiger partial charge in [0.25, 0.3) is 0 Å². The van der Waals surface area contributed by atoms with Gasteiger partial charge in [-0.1, -0.05) is 17.7 Å². The maximum absolute atomic E-state index is 5.68. The topological polar surface area (TPSA) is 54.9 Å². The van der Waals surface area contributed by atoms with Crippen molar-refractivity contribution in [2.24, 2.45) is 10.9 Å². The van der Waals surface area contributed by atoms with Crippen molar-refractivity contribution < 1.29 is 9.47 Å². The molecule has 128 valence electrons. The number of rotatable bonds is 10. The Morgan fingerprint density at radius 1 is 1.13 bits per heavy atom. The quantitative estimate of drug-likeness (QED) is 0.395. The Hall–Kier alpha value is -1.75. The van der Waals surface area contributed by atoms with Crippen LogP contribution < -0.4 is 15.4 Å². The molecule has 0 aromatic heterocycles. The van der Waals surface area contributed by atoms with Crippen LogP contribution in [-0.4, -0.2) is 45.9 Å². The Morgan fingerprint density at radius 3 is 2.57 bits per heavy atom. The molecule has 5 nitrogen and oxygen atoms in total. The molecule has 0 heterocycles. The summed E-state index contributed by atoms with van der Waals surface area (Å²) in [6, 6.07) is 8.08. The number of nitrogens with one attached hydrogen (secondary N) is 2. The van der Waals surface area contributed by atoms with Gasteiger partial charge in [-0.25, -0.2) is 0 Å². The number of ether oxygens (including phenoxy) is 2. The van der Waals surface area contributed by atoms with E-state index in [0.29, 0.717) is 13.2 Å². The first-order valence-electron chi connectivity index (χ1n) is 8.49. The standard InChI is InChI=1S/C18H29N3O2/c1-15-4-8-17(9-5-15)23-13-11-21-18(19-2)20-10-3-12-22-14-16-6-7-16/h4-5,8-9,16H,3,6-7,10-14H2,1-2H3,(H2,19,20,21). The summed E-state index contributed by atoms with van der Waals surface area (Å²) in [6.07, 6.45) is 3.69. The lowest BCUT2D eigenvalue weighted by Crippen LogP contribution is -2.39. The number of nitrogens with zero attached hydrogens (tertiary/aromatic N) is 1. The van der Waals surface area contributed by atoms with Crippen LogP contribution in [0.5, 0.6) is 5.75 Å². The van der Waals surface area contributed by atoms with Crippen LogP contribution >= 0.6 is 0 Å². The minimum Gasteiger partial charge on any atom is -0.492 e. The van der Waals surface area contributed by atoms with Crippen LogP contribution in [0.3, 0.4) is 0 Å². The van der Waals surface area contributed by atoms with E-state index in [-0.39, 0.29) is 0 Å². The van der Waals surface area contributed by atoms with Crippen molar-refractivity contribution in [3.8, 4) is 5.75 Å². The van der Waals surface area contributed by atoms with Crippen LogP contribution in [-0.2, 0) is 4.74 Å². The summed E-state index contributed by atoms with van der Waals surface area (Å²) in [6.45, 7) is 6.00. The van der Waals surface area contributed by atoms with Crippen molar-refractivity contribution in [3.63, 3.8) is 0 Å². The molecular formula is C18H29N3O2. The minimum atomic E-state index is 0.605. The van der Waals surface area contributed by atoms with Crippen molar-refractivity contribution in [1.29, 1.82) is 0 Å². The molecule has 1 fully saturated rings. The van der Waals surface area contributed by atoms with Crippen LogP contribution in [0.2, 0.25) is 0 Å². The summed E-state index contributed by atoms with van der Waals surface area (Å²) in [7, 11) is 1.78. The van der Waals surface area contributed by atoms with Gasteiger partial charge in [0.15, 0.2) is 5.96 Å². The predicted octanol–water partition coefficient (Wildman–Crippen LogP) is 2.36. The van der Waals surface area contributed by atoms with E-state index in [1.807, 2.05) is 12.1 Å². The van der Waals surface area contributed by atoms with Crippen LogP contribution in [0.15, 0.2) is 29.3 Å². The molecule has 0 saturated heterocycles. The fraction of sp³-hybridized carbons (Fsp3) is 0.611. The van der Waals surface area contributed by atoms with Gasteiger partial charge in [0.05, 0.1) is 6.54 Å². The molecule has 5 heteroatoms. The Balaban J connectivity index is 1.47. The zero-order valence-electron chi connectivity index (χ0n) is 14.3. The highest BCUT2D eigenvalue weighted by Crippen LogP contribution is 2.28. The second-order valence-corrected chi connectivity index (χ2v) is 5.96. The SMILES string of the molecule is CN=C(NCCCOCC1CC1)NCCOc1ccc(C)cc1. The lowest BCUT2D eigenvalue weighted by molar-refractivity contribution is 0.123. The molecule has 0 amide bonds. The van der Waals surface area contributed by atoms with Gasteiger partial charge in [0.2, 0.25) is 0 Å². The van der Waals surface area contributed by atoms with Crippen molar-refractivity contribution in [2.75, 3.05) is 40.0 Å². The van der Waals surface area contributed by atoms with E-state index in [2.05, 4.69) is 34.7 Å². The average Bonchev–Trinajstić information content (AvgIpc) is 3.38. The van der Waals surface area contributed by atoms with E-state index in [1.54, 1.807) is 7.05 Å². The second kappa shape index (κ2) is 10.1. The van der Waals surface area contributed by atoms with Gasteiger partial charge in [0, 0.05) is 26.8 Å². The van der Waals surface area contributed by atoms with E-state index in [4.69, 9.17) is 9.47 Å². The summed E-state index contributed by atoms with van der Waals surface area (Å²) in [4.78, 5) is 4.20. The monoisotopic (exact) mass is 319 g/mol. The number of aryl methyl sites for hydroxylation is 1. The van der Waals surface area contributed by atoms with E-state index in [0.717, 1.165) is 43.8 Å². The molecule has 0 unspecified atom stereocenters. The first-order valence-corrected chi connectivity index (χ1v) is 8.49. The first kappa shape index (κ1) is 17.6. The van der Waals surface area contributed by atoms with E-state index in [1.165, 1.54) is 18.4 Å². The first-order chi connectivity index (χ1) is 11.3. The zero-order valence-corrected chi connectivity index (χ0v) is 14.3. The molecule has 23 heavy (non-hydrogen) atoms. The Labute approximate surface area is 139 Å². The maximum atomic E-state index is 5.68. The molecule has 0 aliphatic heterocycles. The molecule has 1 saturated carbocycles. The summed E-state index contributed by atoms with van der Waals surface area (Å²) >= 11 is 0. The normalized spacial score (nSPS) is 14.6. The highest BCUT2D eigenvalue weighted by Gasteiger charge is 2.20. The van der Waals surface area contributed by atoms with Gasteiger partial charge in [-0.05, 0) is 44.2 Å². The highest BCUT2D eigenvalue weighted by atomic mass is 16.5. The Morgan fingerprint density at radius 2 is 1.87 bits per heavy atom. The highest BCUT2D eigenvalue weighted by molar-refractivity contribution is 5.79. The Bertz CT molecular complexity index is 470. The maximum Gasteiger partial charge on any atom is 0.191 e. The van der Waals surface area contributed by atoms with E-state index in [9.17, 15) is 0 Å². The third kappa shape index (κ3) is 7.88. The van der Waals surface area contributed by atoms with Crippen molar-refractivity contribution in [2.45, 2.75) is 26.2 Å². The van der Waals surface area contributed by atoms with E-state index >= 15 is 0 Å². The molecule has 0 radical (unpaired) electrons. The van der Waals surface area contributed by atoms with Crippen molar-refractivity contribution >= 4 is 5.96 Å². The number of hydrogen-bond donors (Lipinski definition) is 2. The van der Waals surface area contributed by atoms with Gasteiger partial charge in [0.1, 0.15) is 12.4 Å². The van der Waals surface area contributed by atoms with Crippen LogP contribution in [0.1, 0.15) is 24.8 Å². The smallest absolute Gasteiger partial charge is 0.191 e. The number of benzene rings is 1. The molecule has 1 aliphatic carbocycles. The zero-order chi connectivity index (χ0) is 16.3. The van der Waals surface area contributed by atoms with Crippen molar-refractivity contribution in [3.05, 3.63) is 29.8 Å². The lowest BCUT2D eigenvalue weighted by atomic mass is 10.2. The third-order valence-electron chi connectivity index (χ3n) is 3.72. The van der Waals surface area contributed by atoms with Gasteiger partial charge in [-0.2, -0.15) is 0 Å².